The zero-order valence-corrected chi connectivity index (χ0v) is 20.5. The Bertz CT molecular complexity index is 1580. The molecule has 1 aromatic heterocycles. The van der Waals surface area contributed by atoms with Crippen molar-refractivity contribution in [2.45, 2.75) is 40.2 Å². The molecule has 0 aliphatic heterocycles. The van der Waals surface area contributed by atoms with Gasteiger partial charge in [-0.2, -0.15) is 0 Å². The van der Waals surface area contributed by atoms with Crippen molar-refractivity contribution >= 4 is 45.1 Å². The smallest absolute Gasteiger partial charge is 0.331 e. The number of hydrogen-bond donors (Lipinski definition) is 0. The summed E-state index contributed by atoms with van der Waals surface area (Å²) in [6.07, 6.45) is 5.83. The van der Waals surface area contributed by atoms with Crippen LogP contribution < -0.4 is 0 Å². The summed E-state index contributed by atoms with van der Waals surface area (Å²) in [4.78, 5) is 42.5. The van der Waals surface area contributed by atoms with Gasteiger partial charge in [-0.1, -0.05) is 29.4 Å². The average Bonchev–Trinajstić information content (AvgIpc) is 3.20. The molecule has 0 atom stereocenters. The first-order valence-corrected chi connectivity index (χ1v) is 11.7. The summed E-state index contributed by atoms with van der Waals surface area (Å²) in [6, 6.07) is 18.6. The summed E-state index contributed by atoms with van der Waals surface area (Å²) < 4.78 is 2.15. The number of oxime groups is 1. The van der Waals surface area contributed by atoms with Gasteiger partial charge in [0, 0.05) is 64.8 Å². The Balaban J connectivity index is 1.84. The summed E-state index contributed by atoms with van der Waals surface area (Å²) in [5.41, 5.74) is 4.55. The van der Waals surface area contributed by atoms with Crippen LogP contribution in [-0.2, 0) is 16.2 Å². The number of aryl methyl sites for hydroxylation is 2. The molecule has 0 saturated carbocycles. The molecule has 0 fully saturated rings. The summed E-state index contributed by atoms with van der Waals surface area (Å²) >= 11 is 0. The highest BCUT2D eigenvalue weighted by Gasteiger charge is 2.19. The molecule has 0 aliphatic carbocycles. The fourth-order valence-electron chi connectivity index (χ4n) is 4.39. The van der Waals surface area contributed by atoms with Crippen LogP contribution in [0.25, 0.3) is 21.8 Å². The highest BCUT2D eigenvalue weighted by Crippen LogP contribution is 2.32. The number of hydrogen-bond acceptors (Lipinski definition) is 5. The molecular weight excluding hydrogens is 452 g/mol. The van der Waals surface area contributed by atoms with Crippen molar-refractivity contribution < 1.29 is 19.2 Å². The van der Waals surface area contributed by atoms with E-state index in [0.29, 0.717) is 16.7 Å². The lowest BCUT2D eigenvalue weighted by Crippen LogP contribution is -2.15. The van der Waals surface area contributed by atoms with Crippen molar-refractivity contribution in [2.75, 3.05) is 0 Å². The first-order chi connectivity index (χ1) is 17.3. The van der Waals surface area contributed by atoms with Crippen molar-refractivity contribution in [1.29, 1.82) is 0 Å². The minimum Gasteiger partial charge on any atom is -0.341 e. The third kappa shape index (κ3) is 4.69. The van der Waals surface area contributed by atoms with Crippen LogP contribution >= 0.6 is 0 Å². The number of carbonyl (C=O) groups is 3. The van der Waals surface area contributed by atoms with Crippen LogP contribution in [0, 0.1) is 19.3 Å². The third-order valence-electron chi connectivity index (χ3n) is 6.15. The van der Waals surface area contributed by atoms with Gasteiger partial charge in [0.25, 0.3) is 0 Å². The number of ketones is 2. The topological polar surface area (TPSA) is 77.7 Å². The Kier molecular flexibility index (Phi) is 7.12. The number of rotatable bonds is 8. The van der Waals surface area contributed by atoms with E-state index < -0.39 is 5.97 Å². The van der Waals surface area contributed by atoms with Crippen molar-refractivity contribution in [3.8, 4) is 12.3 Å². The van der Waals surface area contributed by atoms with Crippen molar-refractivity contribution in [1.82, 2.24) is 4.57 Å². The van der Waals surface area contributed by atoms with E-state index in [4.69, 9.17) is 11.3 Å². The van der Waals surface area contributed by atoms with E-state index in [2.05, 4.69) is 15.6 Å². The number of carbonyl (C=O) groups excluding carboxylic acids is 3. The molecule has 4 rings (SSSR count). The molecule has 36 heavy (non-hydrogen) atoms. The summed E-state index contributed by atoms with van der Waals surface area (Å²) in [5.74, 6) is 1.45. The minimum absolute atomic E-state index is 0.0512. The van der Waals surface area contributed by atoms with Gasteiger partial charge in [-0.3, -0.25) is 9.59 Å². The number of terminal acetylenes is 1. The highest BCUT2D eigenvalue weighted by molar-refractivity contribution is 6.46. The van der Waals surface area contributed by atoms with Crippen LogP contribution in [0.15, 0.2) is 65.8 Å². The van der Waals surface area contributed by atoms with Crippen molar-refractivity contribution in [2.24, 2.45) is 5.16 Å². The van der Waals surface area contributed by atoms with Crippen LogP contribution in [0.3, 0.4) is 0 Å². The Morgan fingerprint density at radius 3 is 2.22 bits per heavy atom. The predicted octanol–water partition coefficient (Wildman–Crippen LogP) is 5.87. The molecule has 6 heteroatoms. The normalized spacial score (nSPS) is 11.4. The van der Waals surface area contributed by atoms with Crippen LogP contribution in [0.5, 0.6) is 0 Å². The van der Waals surface area contributed by atoms with Crippen LogP contribution in [-0.4, -0.2) is 27.8 Å². The Labute approximate surface area is 209 Å². The van der Waals surface area contributed by atoms with Gasteiger partial charge in [-0.15, -0.1) is 12.3 Å². The molecule has 0 bridgehead atoms. The molecule has 1 heterocycles. The minimum atomic E-state index is -0.617. The van der Waals surface area contributed by atoms with Gasteiger partial charge in [-0.05, 0) is 55.8 Å². The molecule has 0 spiro atoms. The van der Waals surface area contributed by atoms with Crippen LogP contribution in [0.2, 0.25) is 0 Å². The van der Waals surface area contributed by atoms with Gasteiger partial charge in [0.15, 0.2) is 5.78 Å². The largest absolute Gasteiger partial charge is 0.341 e. The van der Waals surface area contributed by atoms with E-state index in [1.165, 1.54) is 6.92 Å². The lowest BCUT2D eigenvalue weighted by molar-refractivity contribution is -0.140. The molecule has 0 N–H and O–H groups in total. The first kappa shape index (κ1) is 24.6. The van der Waals surface area contributed by atoms with E-state index in [1.54, 1.807) is 12.1 Å². The second-order valence-electron chi connectivity index (χ2n) is 8.51. The second kappa shape index (κ2) is 10.4. The number of fused-ring (bicyclic) bond motifs is 3. The standard InChI is InChI=1S/C30H26N2O4/c1-5-7-12-26(31-36-20(4)33)30(35)22-14-16-28-25(18-22)24-17-21(13-15-27(24)32(28)6-2)29(34)23-11-9-8-10-19(23)3/h1,8-11,13-18H,6-7,12H2,2-4H3/b31-26+. The van der Waals surface area contributed by atoms with Gasteiger partial charge in [0.05, 0.1) is 0 Å². The molecule has 0 radical (unpaired) electrons. The molecule has 180 valence electrons. The Morgan fingerprint density at radius 1 is 0.972 bits per heavy atom. The maximum Gasteiger partial charge on any atom is 0.331 e. The maximum absolute atomic E-state index is 13.3. The number of nitrogens with zero attached hydrogens (tertiary/aromatic N) is 2. The Morgan fingerprint density at radius 2 is 1.61 bits per heavy atom. The zero-order valence-electron chi connectivity index (χ0n) is 20.5. The average molecular weight is 479 g/mol. The molecule has 0 amide bonds. The highest BCUT2D eigenvalue weighted by atomic mass is 16.7. The van der Waals surface area contributed by atoms with Gasteiger partial charge >= 0.3 is 5.97 Å². The van der Waals surface area contributed by atoms with Crippen molar-refractivity contribution in [3.05, 3.63) is 82.9 Å². The lowest BCUT2D eigenvalue weighted by atomic mass is 9.97. The zero-order chi connectivity index (χ0) is 25.8. The van der Waals surface area contributed by atoms with E-state index >= 15 is 0 Å². The second-order valence-corrected chi connectivity index (χ2v) is 8.51. The molecule has 0 unspecified atom stereocenters. The summed E-state index contributed by atoms with van der Waals surface area (Å²) in [5, 5.41) is 5.48. The fraction of sp³-hybridized carbons (Fsp3) is 0.200. The first-order valence-electron chi connectivity index (χ1n) is 11.7. The van der Waals surface area contributed by atoms with E-state index in [0.717, 1.165) is 33.9 Å². The lowest BCUT2D eigenvalue weighted by Gasteiger charge is -2.06. The number of aromatic nitrogens is 1. The SMILES string of the molecule is C#CCC/C(=N\OC(C)=O)C(=O)c1ccc2c(c1)c1cc(C(=O)c3ccccc3C)ccc1n2CC. The Hall–Kier alpha value is -4.50. The number of Topliss-reactive ketones (excluding diaryl/α,β-unsaturated/α-hetero) is 1. The molecule has 6 nitrogen and oxygen atoms in total. The van der Waals surface area contributed by atoms with E-state index in [-0.39, 0.29) is 30.1 Å². The van der Waals surface area contributed by atoms with Gasteiger partial charge < -0.3 is 9.40 Å². The third-order valence-corrected chi connectivity index (χ3v) is 6.15. The number of benzene rings is 3. The summed E-state index contributed by atoms with van der Waals surface area (Å²) in [6.45, 7) is 5.91. The quantitative estimate of drug-likeness (QED) is 0.104. The van der Waals surface area contributed by atoms with Crippen molar-refractivity contribution in [3.63, 3.8) is 0 Å². The van der Waals surface area contributed by atoms with Crippen LogP contribution in [0.4, 0.5) is 0 Å². The van der Waals surface area contributed by atoms with E-state index in [9.17, 15) is 14.4 Å². The van der Waals surface area contributed by atoms with Gasteiger partial charge in [0.2, 0.25) is 5.78 Å². The molecule has 4 aromatic rings. The van der Waals surface area contributed by atoms with Gasteiger partial charge in [0.1, 0.15) is 5.71 Å². The van der Waals surface area contributed by atoms with Gasteiger partial charge in [-0.25, -0.2) is 4.79 Å². The maximum atomic E-state index is 13.3. The fourth-order valence-corrected chi connectivity index (χ4v) is 4.39. The monoisotopic (exact) mass is 478 g/mol. The molecule has 3 aromatic carbocycles. The molecular formula is C30H26N2O4. The van der Waals surface area contributed by atoms with E-state index in [1.807, 2.05) is 62.4 Å². The van der Waals surface area contributed by atoms with Crippen LogP contribution in [0.1, 0.15) is 58.5 Å². The summed E-state index contributed by atoms with van der Waals surface area (Å²) in [7, 11) is 0. The molecule has 0 saturated heterocycles. The predicted molar refractivity (Wildman–Crippen MR) is 141 cm³/mol. The molecule has 0 aliphatic rings.